The van der Waals surface area contributed by atoms with Crippen molar-refractivity contribution >= 4 is 12.6 Å². The van der Waals surface area contributed by atoms with Gasteiger partial charge in [-0.3, -0.25) is 9.88 Å². The molecule has 2 rings (SSSR count). The zero-order valence-corrected chi connectivity index (χ0v) is 11.7. The van der Waals surface area contributed by atoms with E-state index in [9.17, 15) is 0 Å². The molecule has 1 saturated heterocycles. The first-order valence-electron chi connectivity index (χ1n) is 6.76. The second-order valence-electron chi connectivity index (χ2n) is 5.43. The lowest BCUT2D eigenvalue weighted by Crippen LogP contribution is -2.41. The van der Waals surface area contributed by atoms with Crippen molar-refractivity contribution < 1.29 is 10.0 Å². The summed E-state index contributed by atoms with van der Waals surface area (Å²) < 4.78 is 0. The molecule has 6 heteroatoms. The molecule has 104 valence electrons. The molecular weight excluding hydrogens is 241 g/mol. The molecule has 0 saturated carbocycles. The molecule has 1 aliphatic heterocycles. The van der Waals surface area contributed by atoms with Crippen molar-refractivity contribution in [1.82, 2.24) is 14.8 Å². The second kappa shape index (κ2) is 6.48. The highest BCUT2D eigenvalue weighted by molar-refractivity contribution is 6.58. The topological polar surface area (TPSA) is 59.8 Å². The van der Waals surface area contributed by atoms with E-state index in [4.69, 9.17) is 10.0 Å². The summed E-state index contributed by atoms with van der Waals surface area (Å²) in [4.78, 5) is 8.96. The highest BCUT2D eigenvalue weighted by atomic mass is 16.4. The van der Waals surface area contributed by atoms with E-state index in [1.165, 1.54) is 12.8 Å². The summed E-state index contributed by atoms with van der Waals surface area (Å²) in [5, 5.41) is 18.3. The van der Waals surface area contributed by atoms with Crippen LogP contribution < -0.4 is 5.46 Å². The van der Waals surface area contributed by atoms with Crippen LogP contribution in [0.1, 0.15) is 18.5 Å². The van der Waals surface area contributed by atoms with Crippen molar-refractivity contribution in [2.45, 2.75) is 25.4 Å². The van der Waals surface area contributed by atoms with Crippen molar-refractivity contribution in [3.63, 3.8) is 0 Å². The standard InChI is InChI=1S/C13H22BN3O2/c1-16(2)13-4-7-17(8-5-13)10-12-9-11(14(18)19)3-6-15-12/h3,6,9,13,18-19H,4-5,7-8,10H2,1-2H3. The molecular formula is C13H22BN3O2. The SMILES string of the molecule is CN(C)C1CCN(Cc2cc(B(O)O)ccn2)CC1. The van der Waals surface area contributed by atoms with Crippen LogP contribution in [0.4, 0.5) is 0 Å². The third-order valence-corrected chi connectivity index (χ3v) is 3.81. The number of likely N-dealkylation sites (tertiary alicyclic amines) is 1. The molecule has 0 radical (unpaired) electrons. The molecule has 2 heterocycles. The van der Waals surface area contributed by atoms with Crippen molar-refractivity contribution in [2.75, 3.05) is 27.2 Å². The van der Waals surface area contributed by atoms with Crippen molar-refractivity contribution in [1.29, 1.82) is 0 Å². The van der Waals surface area contributed by atoms with E-state index in [0.29, 0.717) is 11.5 Å². The Hall–Kier alpha value is -0.945. The second-order valence-corrected chi connectivity index (χ2v) is 5.43. The lowest BCUT2D eigenvalue weighted by Gasteiger charge is -2.35. The van der Waals surface area contributed by atoms with E-state index in [-0.39, 0.29) is 0 Å². The number of hydrogen-bond donors (Lipinski definition) is 2. The van der Waals surface area contributed by atoms with E-state index >= 15 is 0 Å². The molecule has 19 heavy (non-hydrogen) atoms. The van der Waals surface area contributed by atoms with E-state index in [1.807, 2.05) is 0 Å². The Balaban J connectivity index is 1.90. The lowest BCUT2D eigenvalue weighted by atomic mass is 9.80. The van der Waals surface area contributed by atoms with Gasteiger partial charge in [0.25, 0.3) is 0 Å². The lowest BCUT2D eigenvalue weighted by molar-refractivity contribution is 0.139. The number of rotatable bonds is 4. The van der Waals surface area contributed by atoms with Crippen molar-refractivity contribution in [3.05, 3.63) is 24.0 Å². The molecule has 2 N–H and O–H groups in total. The summed E-state index contributed by atoms with van der Waals surface area (Å²) in [6.07, 6.45) is 3.99. The third-order valence-electron chi connectivity index (χ3n) is 3.81. The first kappa shape index (κ1) is 14.5. The summed E-state index contributed by atoms with van der Waals surface area (Å²) in [7, 11) is 2.85. The Morgan fingerprint density at radius 1 is 1.37 bits per heavy atom. The van der Waals surface area contributed by atoms with Crippen LogP contribution in [0.25, 0.3) is 0 Å². The Morgan fingerprint density at radius 2 is 2.05 bits per heavy atom. The number of pyridine rings is 1. The molecule has 1 aliphatic rings. The number of hydrogen-bond acceptors (Lipinski definition) is 5. The predicted molar refractivity (Wildman–Crippen MR) is 76.0 cm³/mol. The number of nitrogens with zero attached hydrogens (tertiary/aromatic N) is 3. The molecule has 1 aromatic heterocycles. The van der Waals surface area contributed by atoms with Gasteiger partial charge in [0.15, 0.2) is 0 Å². The summed E-state index contributed by atoms with van der Waals surface area (Å²) >= 11 is 0. The van der Waals surface area contributed by atoms with Gasteiger partial charge >= 0.3 is 7.12 Å². The minimum absolute atomic E-state index is 0.508. The van der Waals surface area contributed by atoms with Gasteiger partial charge in [0.2, 0.25) is 0 Å². The maximum Gasteiger partial charge on any atom is 0.488 e. The fourth-order valence-electron chi connectivity index (χ4n) is 2.57. The van der Waals surface area contributed by atoms with Gasteiger partial charge in [0.05, 0.1) is 5.69 Å². The molecule has 0 amide bonds. The Labute approximate surface area is 115 Å². The van der Waals surface area contributed by atoms with Crippen LogP contribution in [0.5, 0.6) is 0 Å². The molecule has 1 aromatic rings. The minimum Gasteiger partial charge on any atom is -0.423 e. The fourth-order valence-corrected chi connectivity index (χ4v) is 2.57. The molecule has 0 atom stereocenters. The average molecular weight is 263 g/mol. The van der Waals surface area contributed by atoms with Crippen molar-refractivity contribution in [2.24, 2.45) is 0 Å². The van der Waals surface area contributed by atoms with Gasteiger partial charge in [-0.05, 0) is 44.5 Å². The highest BCUT2D eigenvalue weighted by Gasteiger charge is 2.21. The van der Waals surface area contributed by atoms with Gasteiger partial charge in [-0.15, -0.1) is 0 Å². The smallest absolute Gasteiger partial charge is 0.423 e. The van der Waals surface area contributed by atoms with Crippen LogP contribution in [0.2, 0.25) is 0 Å². The zero-order chi connectivity index (χ0) is 13.8. The van der Waals surface area contributed by atoms with Gasteiger partial charge in [-0.1, -0.05) is 0 Å². The predicted octanol–water partition coefficient (Wildman–Crippen LogP) is -0.713. The monoisotopic (exact) mass is 263 g/mol. The van der Waals surface area contributed by atoms with Crippen LogP contribution >= 0.6 is 0 Å². The van der Waals surface area contributed by atoms with Crippen LogP contribution in [0.3, 0.4) is 0 Å². The largest absolute Gasteiger partial charge is 0.488 e. The van der Waals surface area contributed by atoms with E-state index in [0.717, 1.165) is 25.3 Å². The number of piperidine rings is 1. The van der Waals surface area contributed by atoms with Crippen molar-refractivity contribution in [3.8, 4) is 0 Å². The zero-order valence-electron chi connectivity index (χ0n) is 11.7. The normalized spacial score (nSPS) is 17.9. The fraction of sp³-hybridized carbons (Fsp3) is 0.615. The molecule has 5 nitrogen and oxygen atoms in total. The Morgan fingerprint density at radius 3 is 2.63 bits per heavy atom. The van der Waals surface area contributed by atoms with E-state index < -0.39 is 7.12 Å². The van der Waals surface area contributed by atoms with Gasteiger partial charge in [-0.2, -0.15) is 0 Å². The quantitative estimate of drug-likeness (QED) is 0.703. The maximum absolute atomic E-state index is 9.16. The first-order chi connectivity index (χ1) is 9.06. The first-order valence-corrected chi connectivity index (χ1v) is 6.76. The van der Waals surface area contributed by atoms with Crippen LogP contribution in [0.15, 0.2) is 18.3 Å². The number of aromatic nitrogens is 1. The molecule has 0 spiro atoms. The van der Waals surface area contributed by atoms with Crippen LogP contribution in [-0.2, 0) is 6.54 Å². The molecule has 0 unspecified atom stereocenters. The van der Waals surface area contributed by atoms with Crippen LogP contribution in [0, 0.1) is 0 Å². The average Bonchev–Trinajstić information content (AvgIpc) is 2.39. The van der Waals surface area contributed by atoms with Gasteiger partial charge in [0.1, 0.15) is 0 Å². The van der Waals surface area contributed by atoms with E-state index in [1.54, 1.807) is 18.3 Å². The maximum atomic E-state index is 9.16. The molecule has 0 aliphatic carbocycles. The summed E-state index contributed by atoms with van der Waals surface area (Å²) in [6, 6.07) is 4.07. The minimum atomic E-state index is -1.42. The third kappa shape index (κ3) is 4.01. The van der Waals surface area contributed by atoms with E-state index in [2.05, 4.69) is 28.9 Å². The Bertz CT molecular complexity index is 407. The molecule has 1 fully saturated rings. The summed E-state index contributed by atoms with van der Waals surface area (Å²) in [5.41, 5.74) is 1.40. The summed E-state index contributed by atoms with van der Waals surface area (Å²) in [6.45, 7) is 2.91. The van der Waals surface area contributed by atoms with Gasteiger partial charge < -0.3 is 14.9 Å². The summed E-state index contributed by atoms with van der Waals surface area (Å²) in [5.74, 6) is 0. The van der Waals surface area contributed by atoms with Gasteiger partial charge in [0, 0.05) is 31.9 Å². The van der Waals surface area contributed by atoms with Crippen LogP contribution in [-0.4, -0.2) is 65.2 Å². The molecule has 0 aromatic carbocycles. The Kier molecular flexibility index (Phi) is 4.93. The molecule has 0 bridgehead atoms. The van der Waals surface area contributed by atoms with Gasteiger partial charge in [-0.25, -0.2) is 0 Å². The highest BCUT2D eigenvalue weighted by Crippen LogP contribution is 2.15.